The first-order valence-corrected chi connectivity index (χ1v) is 7.21. The van der Waals surface area contributed by atoms with Crippen molar-refractivity contribution in [1.29, 1.82) is 0 Å². The van der Waals surface area contributed by atoms with Crippen molar-refractivity contribution in [3.63, 3.8) is 0 Å². The number of nitrogens with one attached hydrogen (secondary N) is 1. The number of hydrogen-bond donors (Lipinski definition) is 1. The topological polar surface area (TPSA) is 36.1 Å². The van der Waals surface area contributed by atoms with Crippen molar-refractivity contribution in [2.75, 3.05) is 13.6 Å². The summed E-state index contributed by atoms with van der Waals surface area (Å²) in [5.74, 6) is -0.112. The molecule has 2 rings (SSSR count). The maximum absolute atomic E-state index is 13.0. The van der Waals surface area contributed by atoms with E-state index in [0.29, 0.717) is 5.56 Å². The van der Waals surface area contributed by atoms with Crippen molar-refractivity contribution in [3.05, 3.63) is 58.4 Å². The van der Waals surface area contributed by atoms with Gasteiger partial charge in [-0.3, -0.25) is 9.69 Å². The van der Waals surface area contributed by atoms with E-state index in [1.807, 2.05) is 6.92 Å². The predicted molar refractivity (Wildman–Crippen MR) is 82.4 cm³/mol. The monoisotopic (exact) mass is 324 g/mol. The van der Waals surface area contributed by atoms with E-state index in [9.17, 15) is 18.0 Å². The number of H-pyrrole nitrogens is 1. The Hall–Kier alpha value is -2.08. The molecule has 0 aliphatic heterocycles. The van der Waals surface area contributed by atoms with Crippen LogP contribution >= 0.6 is 0 Å². The summed E-state index contributed by atoms with van der Waals surface area (Å²) in [6.45, 7) is 3.78. The van der Waals surface area contributed by atoms with Crippen LogP contribution < -0.4 is 0 Å². The lowest BCUT2D eigenvalue weighted by atomic mass is 10.1. The summed E-state index contributed by atoms with van der Waals surface area (Å²) in [5, 5.41) is 0. The minimum atomic E-state index is -4.39. The van der Waals surface area contributed by atoms with Crippen LogP contribution in [0, 0.1) is 13.8 Å². The first kappa shape index (κ1) is 17.3. The van der Waals surface area contributed by atoms with Crippen molar-refractivity contribution >= 4 is 5.78 Å². The smallest absolute Gasteiger partial charge is 0.362 e. The number of alkyl halides is 3. The fourth-order valence-electron chi connectivity index (χ4n) is 2.63. The average Bonchev–Trinajstić information content (AvgIpc) is 2.77. The second-order valence-electron chi connectivity index (χ2n) is 5.74. The van der Waals surface area contributed by atoms with E-state index in [2.05, 4.69) is 4.98 Å². The molecule has 1 aromatic heterocycles. The first-order valence-electron chi connectivity index (χ1n) is 7.21. The highest BCUT2D eigenvalue weighted by molar-refractivity contribution is 5.98. The molecule has 0 aliphatic rings. The van der Waals surface area contributed by atoms with Gasteiger partial charge in [0, 0.05) is 23.5 Å². The zero-order chi connectivity index (χ0) is 17.2. The lowest BCUT2D eigenvalue weighted by Crippen LogP contribution is -2.27. The van der Waals surface area contributed by atoms with Gasteiger partial charge in [0.2, 0.25) is 0 Å². The summed E-state index contributed by atoms with van der Waals surface area (Å²) >= 11 is 0. The van der Waals surface area contributed by atoms with Crippen LogP contribution in [0.3, 0.4) is 0 Å². The van der Waals surface area contributed by atoms with Gasteiger partial charge in [0.25, 0.3) is 0 Å². The van der Waals surface area contributed by atoms with Gasteiger partial charge in [0.15, 0.2) is 5.78 Å². The molecule has 0 unspecified atom stereocenters. The molecule has 124 valence electrons. The van der Waals surface area contributed by atoms with Crippen LogP contribution in [0.4, 0.5) is 13.2 Å². The van der Waals surface area contributed by atoms with Crippen molar-refractivity contribution in [1.82, 2.24) is 9.88 Å². The summed E-state index contributed by atoms with van der Waals surface area (Å²) in [4.78, 5) is 16.9. The molecule has 1 aromatic carbocycles. The molecule has 0 amide bonds. The lowest BCUT2D eigenvalue weighted by molar-refractivity contribution is -0.138. The molecule has 0 atom stereocenters. The third-order valence-electron chi connectivity index (χ3n) is 3.63. The molecule has 23 heavy (non-hydrogen) atoms. The van der Waals surface area contributed by atoms with Gasteiger partial charge in [-0.15, -0.1) is 0 Å². The Morgan fingerprint density at radius 2 is 1.87 bits per heavy atom. The molecule has 1 heterocycles. The SMILES string of the molecule is Cc1cc(C(=O)CN(C)Cc2ccccc2C(F)(F)F)c(C)[nH]1. The number of hydrogen-bond acceptors (Lipinski definition) is 2. The van der Waals surface area contributed by atoms with Crippen LogP contribution in [0.2, 0.25) is 0 Å². The quantitative estimate of drug-likeness (QED) is 0.845. The highest BCUT2D eigenvalue weighted by Crippen LogP contribution is 2.32. The standard InChI is InChI=1S/C17H19F3N2O/c1-11-8-14(12(2)21-11)16(23)10-22(3)9-13-6-4-5-7-15(13)17(18,19)20/h4-8,21H,9-10H2,1-3H3. The van der Waals surface area contributed by atoms with Gasteiger partial charge < -0.3 is 4.98 Å². The van der Waals surface area contributed by atoms with E-state index in [1.54, 1.807) is 31.0 Å². The van der Waals surface area contributed by atoms with Crippen molar-refractivity contribution in [2.24, 2.45) is 0 Å². The molecule has 0 fully saturated rings. The fourth-order valence-corrected chi connectivity index (χ4v) is 2.63. The number of ketones is 1. The molecule has 3 nitrogen and oxygen atoms in total. The third kappa shape index (κ3) is 4.22. The van der Waals surface area contributed by atoms with Gasteiger partial charge in [-0.25, -0.2) is 0 Å². The number of carbonyl (C=O) groups is 1. The zero-order valence-electron chi connectivity index (χ0n) is 13.3. The Balaban J connectivity index is 2.10. The van der Waals surface area contributed by atoms with Gasteiger partial charge in [0.1, 0.15) is 0 Å². The normalized spacial score (nSPS) is 12.0. The fraction of sp³-hybridized carbons (Fsp3) is 0.353. The zero-order valence-corrected chi connectivity index (χ0v) is 13.3. The van der Waals surface area contributed by atoms with E-state index in [4.69, 9.17) is 0 Å². The number of carbonyl (C=O) groups excluding carboxylic acids is 1. The minimum Gasteiger partial charge on any atom is -0.362 e. The summed E-state index contributed by atoms with van der Waals surface area (Å²) < 4.78 is 39.0. The molecular formula is C17H19F3N2O. The summed E-state index contributed by atoms with van der Waals surface area (Å²) in [7, 11) is 1.64. The second kappa shape index (κ2) is 6.58. The first-order chi connectivity index (χ1) is 10.7. The molecule has 1 N–H and O–H groups in total. The molecule has 2 aromatic rings. The maximum atomic E-state index is 13.0. The number of aromatic nitrogens is 1. The molecule has 0 aliphatic carbocycles. The summed E-state index contributed by atoms with van der Waals surface area (Å²) in [6, 6.07) is 7.19. The van der Waals surface area contributed by atoms with Gasteiger partial charge in [0.05, 0.1) is 12.1 Å². The molecule has 0 saturated heterocycles. The lowest BCUT2D eigenvalue weighted by Gasteiger charge is -2.19. The Kier molecular flexibility index (Phi) is 4.94. The van der Waals surface area contributed by atoms with Crippen LogP contribution in [0.5, 0.6) is 0 Å². The Morgan fingerprint density at radius 3 is 2.43 bits per heavy atom. The van der Waals surface area contributed by atoms with Crippen LogP contribution in [0.25, 0.3) is 0 Å². The van der Waals surface area contributed by atoms with Crippen molar-refractivity contribution in [2.45, 2.75) is 26.6 Å². The number of likely N-dealkylation sites (N-methyl/N-ethyl adjacent to an activating group) is 1. The largest absolute Gasteiger partial charge is 0.416 e. The molecular weight excluding hydrogens is 305 g/mol. The van der Waals surface area contributed by atoms with Gasteiger partial charge in [-0.2, -0.15) is 13.2 Å². The second-order valence-corrected chi connectivity index (χ2v) is 5.74. The van der Waals surface area contributed by atoms with E-state index >= 15 is 0 Å². The maximum Gasteiger partial charge on any atom is 0.416 e. The Bertz CT molecular complexity index is 704. The number of aryl methyl sites for hydroxylation is 2. The number of rotatable bonds is 5. The number of aromatic amines is 1. The molecule has 0 saturated carbocycles. The van der Waals surface area contributed by atoms with Crippen LogP contribution in [-0.4, -0.2) is 29.3 Å². The molecule has 0 spiro atoms. The molecule has 6 heteroatoms. The van der Waals surface area contributed by atoms with Gasteiger partial charge >= 0.3 is 6.18 Å². The molecule has 0 bridgehead atoms. The minimum absolute atomic E-state index is 0.0594. The van der Waals surface area contributed by atoms with Crippen LogP contribution in [0.1, 0.15) is 32.9 Å². The predicted octanol–water partition coefficient (Wildman–Crippen LogP) is 3.97. The number of Topliss-reactive ketones (excluding diaryl/α,β-unsaturated/α-hetero) is 1. The van der Waals surface area contributed by atoms with E-state index < -0.39 is 11.7 Å². The Morgan fingerprint density at radius 1 is 1.22 bits per heavy atom. The number of nitrogens with zero attached hydrogens (tertiary/aromatic N) is 1. The van der Waals surface area contributed by atoms with Gasteiger partial charge in [-0.05, 0) is 38.6 Å². The van der Waals surface area contributed by atoms with Crippen molar-refractivity contribution in [3.8, 4) is 0 Å². The van der Waals surface area contributed by atoms with E-state index in [1.165, 1.54) is 12.1 Å². The summed E-state index contributed by atoms with van der Waals surface area (Å²) in [6.07, 6.45) is -4.39. The molecule has 0 radical (unpaired) electrons. The van der Waals surface area contributed by atoms with E-state index in [-0.39, 0.29) is 24.4 Å². The van der Waals surface area contributed by atoms with E-state index in [0.717, 1.165) is 17.5 Å². The van der Waals surface area contributed by atoms with Gasteiger partial charge in [-0.1, -0.05) is 18.2 Å². The van der Waals surface area contributed by atoms with Crippen LogP contribution in [-0.2, 0) is 12.7 Å². The van der Waals surface area contributed by atoms with Crippen molar-refractivity contribution < 1.29 is 18.0 Å². The number of benzene rings is 1. The third-order valence-corrected chi connectivity index (χ3v) is 3.63. The Labute approximate surface area is 133 Å². The van der Waals surface area contributed by atoms with Crippen LogP contribution in [0.15, 0.2) is 30.3 Å². The highest BCUT2D eigenvalue weighted by Gasteiger charge is 2.33. The highest BCUT2D eigenvalue weighted by atomic mass is 19.4. The summed E-state index contributed by atoms with van der Waals surface area (Å²) in [5.41, 5.74) is 1.75. The number of halogens is 3. The average molecular weight is 324 g/mol.